The number of hydrogen-bond donors (Lipinski definition) is 1. The van der Waals surface area contributed by atoms with Crippen molar-refractivity contribution in [3.05, 3.63) is 53.7 Å². The van der Waals surface area contributed by atoms with Gasteiger partial charge in [0.1, 0.15) is 6.33 Å². The van der Waals surface area contributed by atoms with E-state index >= 15 is 0 Å². The summed E-state index contributed by atoms with van der Waals surface area (Å²) in [5.74, 6) is 0.791. The van der Waals surface area contributed by atoms with Gasteiger partial charge >= 0.3 is 0 Å². The van der Waals surface area contributed by atoms with Gasteiger partial charge in [-0.25, -0.2) is 9.67 Å². The van der Waals surface area contributed by atoms with Crippen LogP contribution in [0, 0.1) is 6.92 Å². The van der Waals surface area contributed by atoms with Crippen molar-refractivity contribution >= 4 is 10.9 Å². The van der Waals surface area contributed by atoms with E-state index in [1.54, 1.807) is 6.33 Å². The second kappa shape index (κ2) is 6.06. The number of nitrogens with zero attached hydrogens (tertiary/aromatic N) is 4. The van der Waals surface area contributed by atoms with E-state index in [1.165, 1.54) is 5.56 Å². The minimum Gasteiger partial charge on any atom is -0.378 e. The molecule has 6 heteroatoms. The number of nitrogens with one attached hydrogen (secondary N) is 1. The van der Waals surface area contributed by atoms with Crippen molar-refractivity contribution < 1.29 is 4.74 Å². The highest BCUT2D eigenvalue weighted by molar-refractivity contribution is 5.82. The third kappa shape index (κ3) is 2.95. The average molecular weight is 309 g/mol. The fourth-order valence-electron chi connectivity index (χ4n) is 2.98. The topological polar surface area (TPSA) is 64.9 Å². The van der Waals surface area contributed by atoms with Crippen molar-refractivity contribution in [1.29, 1.82) is 0 Å². The number of aromatic nitrogens is 4. The largest absolute Gasteiger partial charge is 0.378 e. The first-order valence-corrected chi connectivity index (χ1v) is 7.85. The first kappa shape index (κ1) is 14.3. The van der Waals surface area contributed by atoms with E-state index in [2.05, 4.69) is 32.5 Å². The maximum absolute atomic E-state index is 5.48. The third-order valence-corrected chi connectivity index (χ3v) is 4.05. The van der Waals surface area contributed by atoms with E-state index < -0.39 is 0 Å². The lowest BCUT2D eigenvalue weighted by molar-refractivity contribution is 0.0742. The lowest BCUT2D eigenvalue weighted by Gasteiger charge is -2.21. The van der Waals surface area contributed by atoms with Crippen molar-refractivity contribution in [3.63, 3.8) is 0 Å². The van der Waals surface area contributed by atoms with Gasteiger partial charge in [-0.3, -0.25) is 4.98 Å². The van der Waals surface area contributed by atoms with Crippen LogP contribution in [0.1, 0.15) is 23.1 Å². The summed E-state index contributed by atoms with van der Waals surface area (Å²) in [4.78, 5) is 9.02. The van der Waals surface area contributed by atoms with Crippen molar-refractivity contribution in [2.45, 2.75) is 19.5 Å². The van der Waals surface area contributed by atoms with Crippen LogP contribution in [-0.2, 0) is 11.3 Å². The van der Waals surface area contributed by atoms with Crippen molar-refractivity contribution in [2.75, 3.05) is 19.8 Å². The standard InChI is InChI=1S/C17H19N5O/c1-12-8-13(14-4-2-3-5-15(14)20-12)9-22-11-19-17(21-22)16-10-23-7-6-18-16/h2-5,8,11,16,18H,6-7,9-10H2,1H3. The predicted octanol–water partition coefficient (Wildman–Crippen LogP) is 1.84. The Kier molecular flexibility index (Phi) is 3.77. The number of fused-ring (bicyclic) bond motifs is 1. The summed E-state index contributed by atoms with van der Waals surface area (Å²) < 4.78 is 7.36. The fraction of sp³-hybridized carbons (Fsp3) is 0.353. The highest BCUT2D eigenvalue weighted by Gasteiger charge is 2.19. The second-order valence-electron chi connectivity index (χ2n) is 5.82. The zero-order valence-corrected chi connectivity index (χ0v) is 13.1. The number of aryl methyl sites for hydroxylation is 1. The van der Waals surface area contributed by atoms with Crippen molar-refractivity contribution in [1.82, 2.24) is 25.1 Å². The van der Waals surface area contributed by atoms with Crippen LogP contribution in [-0.4, -0.2) is 39.5 Å². The number of rotatable bonds is 3. The second-order valence-corrected chi connectivity index (χ2v) is 5.82. The third-order valence-electron chi connectivity index (χ3n) is 4.05. The maximum atomic E-state index is 5.48. The molecule has 0 spiro atoms. The number of hydrogen-bond acceptors (Lipinski definition) is 5. The summed E-state index contributed by atoms with van der Waals surface area (Å²) in [7, 11) is 0. The zero-order valence-electron chi connectivity index (χ0n) is 13.1. The van der Waals surface area contributed by atoms with Crippen LogP contribution in [0.5, 0.6) is 0 Å². The summed E-state index contributed by atoms with van der Waals surface area (Å²) in [5, 5.41) is 9.15. The van der Waals surface area contributed by atoms with E-state index in [1.807, 2.05) is 29.8 Å². The molecule has 1 unspecified atom stereocenters. The maximum Gasteiger partial charge on any atom is 0.169 e. The molecule has 1 aliphatic rings. The van der Waals surface area contributed by atoms with Crippen LogP contribution in [0.4, 0.5) is 0 Å². The van der Waals surface area contributed by atoms with Crippen molar-refractivity contribution in [2.24, 2.45) is 0 Å². The van der Waals surface area contributed by atoms with E-state index in [0.29, 0.717) is 13.2 Å². The van der Waals surface area contributed by atoms with Crippen molar-refractivity contribution in [3.8, 4) is 0 Å². The molecule has 1 fully saturated rings. The molecule has 0 amide bonds. The Labute approximate surface area is 134 Å². The molecule has 3 heterocycles. The number of ether oxygens (including phenoxy) is 1. The van der Waals surface area contributed by atoms with E-state index in [9.17, 15) is 0 Å². The summed E-state index contributed by atoms with van der Waals surface area (Å²) in [6, 6.07) is 10.4. The summed E-state index contributed by atoms with van der Waals surface area (Å²) >= 11 is 0. The molecule has 0 aliphatic carbocycles. The van der Waals surface area contributed by atoms with Gasteiger partial charge in [0.2, 0.25) is 0 Å². The molecule has 2 aromatic heterocycles. The monoisotopic (exact) mass is 309 g/mol. The average Bonchev–Trinajstić information content (AvgIpc) is 3.04. The first-order valence-electron chi connectivity index (χ1n) is 7.85. The van der Waals surface area contributed by atoms with E-state index in [4.69, 9.17) is 4.74 Å². The van der Waals surface area contributed by atoms with Gasteiger partial charge in [0, 0.05) is 17.6 Å². The summed E-state index contributed by atoms with van der Waals surface area (Å²) in [6.07, 6.45) is 1.79. The van der Waals surface area contributed by atoms with Crippen LogP contribution in [0.2, 0.25) is 0 Å². The van der Waals surface area contributed by atoms with Gasteiger partial charge < -0.3 is 10.1 Å². The molecule has 1 aromatic carbocycles. The molecule has 1 aliphatic heterocycles. The predicted molar refractivity (Wildman–Crippen MR) is 87.2 cm³/mol. The number of para-hydroxylation sites is 1. The Bertz CT molecular complexity index is 823. The quantitative estimate of drug-likeness (QED) is 0.800. The van der Waals surface area contributed by atoms with Crippen LogP contribution in [0.3, 0.4) is 0 Å². The molecule has 6 nitrogen and oxygen atoms in total. The molecule has 1 atom stereocenters. The first-order chi connectivity index (χ1) is 11.3. The lowest BCUT2D eigenvalue weighted by Crippen LogP contribution is -2.35. The molecule has 3 aromatic rings. The Hall–Kier alpha value is -2.31. The van der Waals surface area contributed by atoms with Gasteiger partial charge in [-0.1, -0.05) is 18.2 Å². The van der Waals surface area contributed by atoms with Crippen LogP contribution < -0.4 is 5.32 Å². The molecule has 118 valence electrons. The molecular formula is C17H19N5O. The fourth-order valence-corrected chi connectivity index (χ4v) is 2.98. The molecule has 23 heavy (non-hydrogen) atoms. The highest BCUT2D eigenvalue weighted by atomic mass is 16.5. The van der Waals surface area contributed by atoms with Crippen LogP contribution in [0.25, 0.3) is 10.9 Å². The lowest BCUT2D eigenvalue weighted by atomic mass is 10.1. The SMILES string of the molecule is Cc1cc(Cn2cnc(C3COCCN3)n2)c2ccccc2n1. The van der Waals surface area contributed by atoms with Crippen LogP contribution >= 0.6 is 0 Å². The normalized spacial score (nSPS) is 18.4. The number of pyridine rings is 1. The number of morpholine rings is 1. The zero-order chi connectivity index (χ0) is 15.6. The molecule has 1 N–H and O–H groups in total. The van der Waals surface area contributed by atoms with Gasteiger partial charge in [0.25, 0.3) is 0 Å². The Morgan fingerprint density at radius 3 is 3.13 bits per heavy atom. The Balaban J connectivity index is 1.62. The molecule has 4 rings (SSSR count). The highest BCUT2D eigenvalue weighted by Crippen LogP contribution is 2.19. The van der Waals surface area contributed by atoms with Gasteiger partial charge in [-0.2, -0.15) is 5.10 Å². The minimum atomic E-state index is 0.0842. The molecule has 1 saturated heterocycles. The molecule has 0 bridgehead atoms. The van der Waals surface area contributed by atoms with Gasteiger partial charge in [0.15, 0.2) is 5.82 Å². The Morgan fingerprint density at radius 2 is 2.26 bits per heavy atom. The molecule has 0 saturated carbocycles. The summed E-state index contributed by atoms with van der Waals surface area (Å²) in [6.45, 7) is 4.92. The van der Waals surface area contributed by atoms with Gasteiger partial charge in [-0.15, -0.1) is 0 Å². The summed E-state index contributed by atoms with van der Waals surface area (Å²) in [5.41, 5.74) is 3.24. The molecule has 0 radical (unpaired) electrons. The van der Waals surface area contributed by atoms with E-state index in [-0.39, 0.29) is 6.04 Å². The smallest absolute Gasteiger partial charge is 0.169 e. The molecular weight excluding hydrogens is 290 g/mol. The Morgan fingerprint density at radius 1 is 1.35 bits per heavy atom. The minimum absolute atomic E-state index is 0.0842. The van der Waals surface area contributed by atoms with Gasteiger partial charge in [-0.05, 0) is 24.6 Å². The van der Waals surface area contributed by atoms with E-state index in [0.717, 1.165) is 35.6 Å². The number of benzene rings is 1. The van der Waals surface area contributed by atoms with Crippen LogP contribution in [0.15, 0.2) is 36.7 Å². The van der Waals surface area contributed by atoms with Gasteiger partial charge in [0.05, 0.1) is 31.3 Å².